The summed E-state index contributed by atoms with van der Waals surface area (Å²) in [6, 6.07) is 7.27. The molecule has 3 N–H and O–H groups in total. The summed E-state index contributed by atoms with van der Waals surface area (Å²) in [5, 5.41) is 17.9. The average Bonchev–Trinajstić information content (AvgIpc) is 2.51. The van der Waals surface area contributed by atoms with Gasteiger partial charge in [0.1, 0.15) is 5.60 Å². The highest BCUT2D eigenvalue weighted by Gasteiger charge is 2.40. The van der Waals surface area contributed by atoms with Gasteiger partial charge in [-0.15, -0.1) is 5.11 Å². The molecule has 0 radical (unpaired) electrons. The lowest BCUT2D eigenvalue weighted by molar-refractivity contribution is -0.114. The summed E-state index contributed by atoms with van der Waals surface area (Å²) in [5.74, 6) is 5.10. The zero-order valence-corrected chi connectivity index (χ0v) is 14.1. The normalized spacial score (nSPS) is 15.8. The van der Waals surface area contributed by atoms with Crippen molar-refractivity contribution in [1.82, 2.24) is 0 Å². The molecule has 0 amide bonds. The van der Waals surface area contributed by atoms with Crippen LogP contribution in [0.15, 0.2) is 34.6 Å². The Morgan fingerprint density at radius 1 is 1.32 bits per heavy atom. The number of aliphatic hydroxyl groups is 1. The number of halogens is 1. The second kappa shape index (κ2) is 9.77. The largest absolute Gasteiger partial charge is 0.369 e. The first-order chi connectivity index (χ1) is 10.6. The Bertz CT molecular complexity index is 470. The molecule has 0 bridgehead atoms. The maximum atomic E-state index is 10.4. The molecule has 0 aliphatic carbocycles. The van der Waals surface area contributed by atoms with Crippen molar-refractivity contribution in [2.75, 3.05) is 7.11 Å². The summed E-state index contributed by atoms with van der Waals surface area (Å²) in [4.78, 5) is 0. The predicted molar refractivity (Wildman–Crippen MR) is 88.6 cm³/mol. The number of hydrogen-bond donors (Lipinski definition) is 2. The number of unbranched alkanes of at least 4 members (excludes halogenated alkanes) is 4. The fourth-order valence-corrected chi connectivity index (χ4v) is 2.84. The average molecular weight is 328 g/mol. The summed E-state index contributed by atoms with van der Waals surface area (Å²) in [6.07, 6.45) is 5.00. The minimum absolute atomic E-state index is 0.585. The molecule has 0 aromatic heterocycles. The van der Waals surface area contributed by atoms with E-state index in [0.29, 0.717) is 11.4 Å². The third-order valence-electron chi connectivity index (χ3n) is 3.92. The molecule has 124 valence electrons. The van der Waals surface area contributed by atoms with Crippen molar-refractivity contribution in [2.45, 2.75) is 57.3 Å². The van der Waals surface area contributed by atoms with Crippen molar-refractivity contribution in [1.29, 1.82) is 0 Å². The number of rotatable bonds is 10. The SMILES string of the molecule is CCCCCCCC(OC)(c1cccc(Cl)c1)C(O)N=NN. The molecule has 2 unspecified atom stereocenters. The van der Waals surface area contributed by atoms with E-state index < -0.39 is 11.8 Å². The van der Waals surface area contributed by atoms with E-state index in [1.807, 2.05) is 12.1 Å². The van der Waals surface area contributed by atoms with E-state index in [-0.39, 0.29) is 0 Å². The van der Waals surface area contributed by atoms with Crippen molar-refractivity contribution in [3.8, 4) is 0 Å². The molecule has 0 spiro atoms. The fraction of sp³-hybridized carbons (Fsp3) is 0.625. The molecule has 0 heterocycles. The lowest BCUT2D eigenvalue weighted by Crippen LogP contribution is -2.40. The highest BCUT2D eigenvalue weighted by atomic mass is 35.5. The Morgan fingerprint density at radius 2 is 2.05 bits per heavy atom. The predicted octanol–water partition coefficient (Wildman–Crippen LogP) is 4.19. The van der Waals surface area contributed by atoms with E-state index in [1.165, 1.54) is 19.3 Å². The topological polar surface area (TPSA) is 80.2 Å². The summed E-state index contributed by atoms with van der Waals surface area (Å²) in [6.45, 7) is 2.18. The molecule has 0 fully saturated rings. The quantitative estimate of drug-likeness (QED) is 0.293. The van der Waals surface area contributed by atoms with E-state index in [4.69, 9.17) is 22.2 Å². The number of benzene rings is 1. The van der Waals surface area contributed by atoms with Crippen LogP contribution in [0.4, 0.5) is 0 Å². The highest BCUT2D eigenvalue weighted by molar-refractivity contribution is 6.30. The third-order valence-corrected chi connectivity index (χ3v) is 4.16. The van der Waals surface area contributed by atoms with Crippen LogP contribution in [0.2, 0.25) is 5.02 Å². The highest BCUT2D eigenvalue weighted by Crippen LogP contribution is 2.36. The van der Waals surface area contributed by atoms with E-state index in [0.717, 1.165) is 18.4 Å². The second-order valence-corrected chi connectivity index (χ2v) is 5.81. The van der Waals surface area contributed by atoms with Crippen LogP contribution < -0.4 is 5.84 Å². The monoisotopic (exact) mass is 327 g/mol. The smallest absolute Gasteiger partial charge is 0.201 e. The fourth-order valence-electron chi connectivity index (χ4n) is 2.65. The van der Waals surface area contributed by atoms with Crippen LogP contribution in [0.1, 0.15) is 51.0 Å². The molecule has 1 aromatic carbocycles. The van der Waals surface area contributed by atoms with Crippen LogP contribution in [0, 0.1) is 0 Å². The molecule has 6 heteroatoms. The van der Waals surface area contributed by atoms with E-state index in [2.05, 4.69) is 17.3 Å². The molecular weight excluding hydrogens is 302 g/mol. The minimum Gasteiger partial charge on any atom is -0.369 e. The van der Waals surface area contributed by atoms with Crippen molar-refractivity contribution in [3.63, 3.8) is 0 Å². The van der Waals surface area contributed by atoms with Crippen molar-refractivity contribution < 1.29 is 9.84 Å². The lowest BCUT2D eigenvalue weighted by Gasteiger charge is -2.35. The second-order valence-electron chi connectivity index (χ2n) is 5.37. The zero-order chi connectivity index (χ0) is 16.4. The van der Waals surface area contributed by atoms with Gasteiger partial charge in [-0.05, 0) is 24.1 Å². The van der Waals surface area contributed by atoms with Crippen molar-refractivity contribution >= 4 is 11.6 Å². The van der Waals surface area contributed by atoms with E-state index >= 15 is 0 Å². The standard InChI is InChI=1S/C16H26ClN3O2/c1-3-4-5-6-7-11-16(22-2,15(21)19-20-18)13-9-8-10-14(17)12-13/h8-10,12,15,21H,3-7,11H2,1-2H3,(H2,18,19). The maximum Gasteiger partial charge on any atom is 0.201 e. The summed E-state index contributed by atoms with van der Waals surface area (Å²) >= 11 is 6.08. The molecule has 1 rings (SSSR count). The van der Waals surface area contributed by atoms with Gasteiger partial charge in [-0.3, -0.25) is 0 Å². The first-order valence-electron chi connectivity index (χ1n) is 7.70. The summed E-state index contributed by atoms with van der Waals surface area (Å²) < 4.78 is 5.68. The number of ether oxygens (including phenoxy) is 1. The first kappa shape index (κ1) is 18.9. The van der Waals surface area contributed by atoms with E-state index in [1.54, 1.807) is 19.2 Å². The van der Waals surface area contributed by atoms with Crippen LogP contribution in [0.5, 0.6) is 0 Å². The molecular formula is C16H26ClN3O2. The van der Waals surface area contributed by atoms with Crippen LogP contribution in [0.3, 0.4) is 0 Å². The molecule has 5 nitrogen and oxygen atoms in total. The van der Waals surface area contributed by atoms with Gasteiger partial charge in [0, 0.05) is 12.1 Å². The van der Waals surface area contributed by atoms with Gasteiger partial charge >= 0.3 is 0 Å². The van der Waals surface area contributed by atoms with Gasteiger partial charge in [-0.1, -0.05) is 68.0 Å². The van der Waals surface area contributed by atoms with Gasteiger partial charge in [-0.2, -0.15) is 0 Å². The maximum absolute atomic E-state index is 10.4. The summed E-state index contributed by atoms with van der Waals surface area (Å²) in [7, 11) is 1.56. The number of nitrogens with zero attached hydrogens (tertiary/aromatic N) is 2. The number of hydrogen-bond acceptors (Lipinski definition) is 4. The van der Waals surface area contributed by atoms with Crippen LogP contribution in [-0.2, 0) is 10.3 Å². The Morgan fingerprint density at radius 3 is 2.64 bits per heavy atom. The van der Waals surface area contributed by atoms with Gasteiger partial charge < -0.3 is 15.7 Å². The lowest BCUT2D eigenvalue weighted by atomic mass is 9.86. The number of aliphatic hydroxyl groups excluding tert-OH is 1. The van der Waals surface area contributed by atoms with Gasteiger partial charge in [0.2, 0.25) is 6.23 Å². The Balaban J connectivity index is 2.97. The molecule has 22 heavy (non-hydrogen) atoms. The van der Waals surface area contributed by atoms with E-state index in [9.17, 15) is 5.11 Å². The Labute approximate surface area is 137 Å². The van der Waals surface area contributed by atoms with Gasteiger partial charge in [0.15, 0.2) is 0 Å². The molecule has 1 aromatic rings. The van der Waals surface area contributed by atoms with Crippen molar-refractivity contribution in [3.05, 3.63) is 34.9 Å². The van der Waals surface area contributed by atoms with Crippen LogP contribution in [-0.4, -0.2) is 18.4 Å². The molecule has 2 atom stereocenters. The Kier molecular flexibility index (Phi) is 8.38. The zero-order valence-electron chi connectivity index (χ0n) is 13.3. The number of nitrogens with two attached hydrogens (primary N) is 1. The molecule has 0 saturated carbocycles. The number of methoxy groups -OCH3 is 1. The summed E-state index contributed by atoms with van der Waals surface area (Å²) in [5.41, 5.74) is -0.210. The minimum atomic E-state index is -1.17. The molecule has 0 saturated heterocycles. The molecule has 0 aliphatic heterocycles. The van der Waals surface area contributed by atoms with Gasteiger partial charge in [-0.25, -0.2) is 0 Å². The first-order valence-corrected chi connectivity index (χ1v) is 8.07. The van der Waals surface area contributed by atoms with Crippen LogP contribution in [0.25, 0.3) is 0 Å². The van der Waals surface area contributed by atoms with Crippen molar-refractivity contribution in [2.24, 2.45) is 16.2 Å². The third kappa shape index (κ3) is 4.93. The van der Waals surface area contributed by atoms with Gasteiger partial charge in [0.25, 0.3) is 0 Å². The Hall–Kier alpha value is -1.17. The van der Waals surface area contributed by atoms with Crippen LogP contribution >= 0.6 is 11.6 Å². The molecule has 0 aliphatic rings. The van der Waals surface area contributed by atoms with Gasteiger partial charge in [0.05, 0.1) is 0 Å².